The molecule has 2 rings (SSSR count). The van der Waals surface area contributed by atoms with Gasteiger partial charge in [-0.2, -0.15) is 0 Å². The Kier molecular flexibility index (Phi) is 4.39. The summed E-state index contributed by atoms with van der Waals surface area (Å²) in [5.41, 5.74) is 7.74. The summed E-state index contributed by atoms with van der Waals surface area (Å²) in [6.45, 7) is 2.95. The molecule has 0 spiro atoms. The van der Waals surface area contributed by atoms with Gasteiger partial charge in [0, 0.05) is 34.9 Å². The molecule has 3 N–H and O–H groups in total. The van der Waals surface area contributed by atoms with Crippen LogP contribution < -0.4 is 11.1 Å². The first-order chi connectivity index (χ1) is 8.66. The predicted molar refractivity (Wildman–Crippen MR) is 78.1 cm³/mol. The molecule has 0 bridgehead atoms. The highest BCUT2D eigenvalue weighted by Gasteiger charge is 2.02. The number of rotatable bonds is 5. The first kappa shape index (κ1) is 13.1. The zero-order valence-corrected chi connectivity index (χ0v) is 11.2. The third-order valence-electron chi connectivity index (χ3n) is 2.86. The molecule has 18 heavy (non-hydrogen) atoms. The lowest BCUT2D eigenvalue weighted by atomic mass is 10.1. The second kappa shape index (κ2) is 6.03. The van der Waals surface area contributed by atoms with E-state index in [1.54, 1.807) is 6.20 Å². The number of halogens is 1. The van der Waals surface area contributed by atoms with Crippen molar-refractivity contribution >= 4 is 28.2 Å². The van der Waals surface area contributed by atoms with Gasteiger partial charge in [-0.05, 0) is 44.0 Å². The van der Waals surface area contributed by atoms with E-state index in [4.69, 9.17) is 17.3 Å². The highest BCUT2D eigenvalue weighted by Crippen LogP contribution is 2.24. The van der Waals surface area contributed by atoms with E-state index in [2.05, 4.69) is 10.3 Å². The number of benzene rings is 1. The van der Waals surface area contributed by atoms with Crippen LogP contribution in [0.5, 0.6) is 0 Å². The minimum Gasteiger partial charge on any atom is -0.384 e. The maximum absolute atomic E-state index is 5.96. The van der Waals surface area contributed by atoms with Crippen LogP contribution in [0.3, 0.4) is 0 Å². The van der Waals surface area contributed by atoms with Crippen LogP contribution in [-0.4, -0.2) is 17.6 Å². The van der Waals surface area contributed by atoms with Crippen LogP contribution in [-0.2, 0) is 0 Å². The van der Waals surface area contributed by atoms with Gasteiger partial charge in [-0.1, -0.05) is 11.6 Å². The normalized spacial score (nSPS) is 12.6. The van der Waals surface area contributed by atoms with Crippen molar-refractivity contribution in [2.24, 2.45) is 5.73 Å². The molecule has 0 fully saturated rings. The average molecular weight is 264 g/mol. The predicted octanol–water partition coefficient (Wildman–Crippen LogP) is 3.43. The minimum atomic E-state index is 0.264. The molecule has 1 atom stereocenters. The number of nitrogens with zero attached hydrogens (tertiary/aromatic N) is 1. The van der Waals surface area contributed by atoms with Gasteiger partial charge in [-0.15, -0.1) is 0 Å². The number of nitrogens with one attached hydrogen (secondary N) is 1. The second-order valence-electron chi connectivity index (χ2n) is 4.57. The first-order valence-corrected chi connectivity index (χ1v) is 6.58. The summed E-state index contributed by atoms with van der Waals surface area (Å²) < 4.78 is 0. The third-order valence-corrected chi connectivity index (χ3v) is 3.09. The molecule has 0 amide bonds. The van der Waals surface area contributed by atoms with Crippen molar-refractivity contribution in [1.29, 1.82) is 0 Å². The maximum atomic E-state index is 5.96. The van der Waals surface area contributed by atoms with Crippen molar-refractivity contribution in [3.05, 3.63) is 35.5 Å². The summed E-state index contributed by atoms with van der Waals surface area (Å²) in [4.78, 5) is 4.31. The van der Waals surface area contributed by atoms with Gasteiger partial charge >= 0.3 is 0 Å². The highest BCUT2D eigenvalue weighted by atomic mass is 35.5. The number of fused-ring (bicyclic) bond motifs is 1. The Bertz CT molecular complexity index is 525. The van der Waals surface area contributed by atoms with E-state index < -0.39 is 0 Å². The van der Waals surface area contributed by atoms with Crippen molar-refractivity contribution in [3.63, 3.8) is 0 Å². The number of anilines is 1. The molecule has 0 aliphatic carbocycles. The molecular formula is C14H18ClN3. The Morgan fingerprint density at radius 3 is 3.00 bits per heavy atom. The molecule has 2 aromatic rings. The van der Waals surface area contributed by atoms with E-state index >= 15 is 0 Å². The zero-order valence-electron chi connectivity index (χ0n) is 10.5. The Morgan fingerprint density at radius 2 is 2.22 bits per heavy atom. The average Bonchev–Trinajstić information content (AvgIpc) is 2.34. The van der Waals surface area contributed by atoms with Gasteiger partial charge in [0.15, 0.2) is 0 Å². The van der Waals surface area contributed by atoms with Gasteiger partial charge < -0.3 is 11.1 Å². The standard InChI is InChI=1S/C14H18ClN3/c1-10(16)3-2-7-17-13-6-8-18-14-9-11(15)4-5-12(13)14/h4-6,8-10H,2-3,7,16H2,1H3,(H,17,18). The fraction of sp³-hybridized carbons (Fsp3) is 0.357. The Labute approximate surface area is 112 Å². The van der Waals surface area contributed by atoms with Crippen LogP contribution >= 0.6 is 11.6 Å². The van der Waals surface area contributed by atoms with E-state index in [9.17, 15) is 0 Å². The van der Waals surface area contributed by atoms with E-state index in [1.165, 1.54) is 0 Å². The summed E-state index contributed by atoms with van der Waals surface area (Å²) >= 11 is 5.96. The van der Waals surface area contributed by atoms with Crippen LogP contribution in [0.2, 0.25) is 5.02 Å². The molecule has 0 aliphatic rings. The van der Waals surface area contributed by atoms with Crippen molar-refractivity contribution in [2.45, 2.75) is 25.8 Å². The Balaban J connectivity index is 2.08. The second-order valence-corrected chi connectivity index (χ2v) is 5.00. The molecule has 4 heteroatoms. The number of hydrogen-bond donors (Lipinski definition) is 2. The Morgan fingerprint density at radius 1 is 1.39 bits per heavy atom. The summed E-state index contributed by atoms with van der Waals surface area (Å²) in [6, 6.07) is 8.02. The first-order valence-electron chi connectivity index (χ1n) is 6.20. The number of hydrogen-bond acceptors (Lipinski definition) is 3. The molecule has 0 saturated heterocycles. The smallest absolute Gasteiger partial charge is 0.0737 e. The molecule has 1 aromatic carbocycles. The quantitative estimate of drug-likeness (QED) is 0.813. The molecular weight excluding hydrogens is 246 g/mol. The van der Waals surface area contributed by atoms with Crippen molar-refractivity contribution in [3.8, 4) is 0 Å². The van der Waals surface area contributed by atoms with Crippen LogP contribution in [0.25, 0.3) is 10.9 Å². The molecule has 1 aromatic heterocycles. The lowest BCUT2D eigenvalue weighted by Gasteiger charge is -2.10. The van der Waals surface area contributed by atoms with Crippen LogP contribution in [0, 0.1) is 0 Å². The fourth-order valence-electron chi connectivity index (χ4n) is 1.92. The lowest BCUT2D eigenvalue weighted by molar-refractivity contribution is 0.639. The van der Waals surface area contributed by atoms with E-state index in [1.807, 2.05) is 31.2 Å². The van der Waals surface area contributed by atoms with Gasteiger partial charge in [0.1, 0.15) is 0 Å². The van der Waals surface area contributed by atoms with Gasteiger partial charge in [0.25, 0.3) is 0 Å². The molecule has 1 unspecified atom stereocenters. The monoisotopic (exact) mass is 263 g/mol. The van der Waals surface area contributed by atoms with Crippen LogP contribution in [0.15, 0.2) is 30.5 Å². The lowest BCUT2D eigenvalue weighted by Crippen LogP contribution is -2.16. The number of nitrogens with two attached hydrogens (primary N) is 1. The van der Waals surface area contributed by atoms with Crippen molar-refractivity contribution < 1.29 is 0 Å². The van der Waals surface area contributed by atoms with Crippen molar-refractivity contribution in [2.75, 3.05) is 11.9 Å². The van der Waals surface area contributed by atoms with E-state index in [0.29, 0.717) is 5.02 Å². The van der Waals surface area contributed by atoms with Gasteiger partial charge in [-0.25, -0.2) is 0 Å². The fourth-order valence-corrected chi connectivity index (χ4v) is 2.09. The molecule has 0 radical (unpaired) electrons. The molecule has 3 nitrogen and oxygen atoms in total. The summed E-state index contributed by atoms with van der Waals surface area (Å²) in [5, 5.41) is 5.24. The zero-order chi connectivity index (χ0) is 13.0. The molecule has 96 valence electrons. The molecule has 0 saturated carbocycles. The number of aromatic nitrogens is 1. The maximum Gasteiger partial charge on any atom is 0.0737 e. The van der Waals surface area contributed by atoms with Gasteiger partial charge in [0.2, 0.25) is 0 Å². The summed E-state index contributed by atoms with van der Waals surface area (Å²) in [7, 11) is 0. The Hall–Kier alpha value is -1.32. The minimum absolute atomic E-state index is 0.264. The van der Waals surface area contributed by atoms with Gasteiger partial charge in [-0.3, -0.25) is 4.98 Å². The molecule has 0 aliphatic heterocycles. The van der Waals surface area contributed by atoms with Gasteiger partial charge in [0.05, 0.1) is 5.52 Å². The van der Waals surface area contributed by atoms with E-state index in [0.717, 1.165) is 36.0 Å². The van der Waals surface area contributed by atoms with Crippen LogP contribution in [0.1, 0.15) is 19.8 Å². The SMILES string of the molecule is CC(N)CCCNc1ccnc2cc(Cl)ccc12. The van der Waals surface area contributed by atoms with E-state index in [-0.39, 0.29) is 6.04 Å². The topological polar surface area (TPSA) is 50.9 Å². The third kappa shape index (κ3) is 3.34. The van der Waals surface area contributed by atoms with Crippen LogP contribution in [0.4, 0.5) is 5.69 Å². The van der Waals surface area contributed by atoms with Crippen molar-refractivity contribution in [1.82, 2.24) is 4.98 Å². The summed E-state index contributed by atoms with van der Waals surface area (Å²) in [5.74, 6) is 0. The molecule has 1 heterocycles. The summed E-state index contributed by atoms with van der Waals surface area (Å²) in [6.07, 6.45) is 3.89. The number of pyridine rings is 1. The largest absolute Gasteiger partial charge is 0.384 e. The highest BCUT2D eigenvalue weighted by molar-refractivity contribution is 6.31.